The number of nitrogens with one attached hydrogen (secondary N) is 1. The highest BCUT2D eigenvalue weighted by Gasteiger charge is 2.09. The molecule has 4 nitrogen and oxygen atoms in total. The molecule has 0 atom stereocenters. The van der Waals surface area contributed by atoms with Crippen LogP contribution in [0.2, 0.25) is 10.0 Å². The molecule has 0 bridgehead atoms. The summed E-state index contributed by atoms with van der Waals surface area (Å²) < 4.78 is 4.71. The molecule has 94 valence electrons. The molecule has 0 saturated carbocycles. The van der Waals surface area contributed by atoms with Crippen LogP contribution in [0, 0.1) is 11.3 Å². The van der Waals surface area contributed by atoms with Crippen LogP contribution in [-0.2, 0) is 9.53 Å². The Bertz CT molecular complexity index is 521. The lowest BCUT2D eigenvalue weighted by molar-refractivity contribution is -0.138. The quantitative estimate of drug-likeness (QED) is 0.523. The van der Waals surface area contributed by atoms with Crippen LogP contribution in [0.1, 0.15) is 6.92 Å². The van der Waals surface area contributed by atoms with E-state index >= 15 is 0 Å². The highest BCUT2D eigenvalue weighted by atomic mass is 35.5. The van der Waals surface area contributed by atoms with Gasteiger partial charge in [-0.15, -0.1) is 0 Å². The SMILES string of the molecule is CCOC(=O)/C(C#N)=C/Nc1ccc(Cl)cc1Cl. The summed E-state index contributed by atoms with van der Waals surface area (Å²) in [6, 6.07) is 6.57. The highest BCUT2D eigenvalue weighted by Crippen LogP contribution is 2.25. The smallest absolute Gasteiger partial charge is 0.350 e. The molecule has 1 rings (SSSR count). The summed E-state index contributed by atoms with van der Waals surface area (Å²) in [5, 5.41) is 12.4. The number of anilines is 1. The molecule has 0 amide bonds. The van der Waals surface area contributed by atoms with Crippen LogP contribution in [0.5, 0.6) is 0 Å². The number of ether oxygens (including phenoxy) is 1. The van der Waals surface area contributed by atoms with E-state index in [1.165, 1.54) is 6.20 Å². The topological polar surface area (TPSA) is 62.1 Å². The third-order valence-electron chi connectivity index (χ3n) is 1.92. The minimum Gasteiger partial charge on any atom is -0.462 e. The molecule has 6 heteroatoms. The average Bonchev–Trinajstić information content (AvgIpc) is 2.32. The number of carbonyl (C=O) groups excluding carboxylic acids is 1. The monoisotopic (exact) mass is 284 g/mol. The summed E-state index contributed by atoms with van der Waals surface area (Å²) in [5.74, 6) is -0.683. The van der Waals surface area contributed by atoms with Gasteiger partial charge in [0.1, 0.15) is 6.07 Å². The molecule has 1 aromatic carbocycles. The van der Waals surface area contributed by atoms with E-state index in [0.29, 0.717) is 15.7 Å². The van der Waals surface area contributed by atoms with Gasteiger partial charge in [-0.25, -0.2) is 4.79 Å². The zero-order chi connectivity index (χ0) is 13.5. The molecule has 0 aromatic heterocycles. The number of rotatable bonds is 4. The van der Waals surface area contributed by atoms with Crippen molar-refractivity contribution in [3.63, 3.8) is 0 Å². The van der Waals surface area contributed by atoms with Gasteiger partial charge in [0.15, 0.2) is 5.57 Å². The Morgan fingerprint density at radius 3 is 2.83 bits per heavy atom. The highest BCUT2D eigenvalue weighted by molar-refractivity contribution is 6.36. The maximum Gasteiger partial charge on any atom is 0.350 e. The predicted octanol–water partition coefficient (Wildman–Crippen LogP) is 3.38. The van der Waals surface area contributed by atoms with Crippen molar-refractivity contribution >= 4 is 34.9 Å². The zero-order valence-corrected chi connectivity index (χ0v) is 11.0. The second-order valence-electron chi connectivity index (χ2n) is 3.16. The summed E-state index contributed by atoms with van der Waals surface area (Å²) in [6.45, 7) is 1.87. The van der Waals surface area contributed by atoms with Gasteiger partial charge in [-0.1, -0.05) is 23.2 Å². The van der Waals surface area contributed by atoms with E-state index in [1.807, 2.05) is 0 Å². The Hall–Kier alpha value is -1.70. The van der Waals surface area contributed by atoms with E-state index < -0.39 is 5.97 Å². The number of carbonyl (C=O) groups is 1. The number of esters is 1. The van der Waals surface area contributed by atoms with E-state index in [2.05, 4.69) is 5.32 Å². The first kappa shape index (κ1) is 14.4. The van der Waals surface area contributed by atoms with E-state index in [4.69, 9.17) is 33.2 Å². The van der Waals surface area contributed by atoms with Crippen molar-refractivity contribution in [1.82, 2.24) is 0 Å². The summed E-state index contributed by atoms with van der Waals surface area (Å²) in [7, 11) is 0. The zero-order valence-electron chi connectivity index (χ0n) is 9.54. The molecular weight excluding hydrogens is 275 g/mol. The molecule has 1 N–H and O–H groups in total. The lowest BCUT2D eigenvalue weighted by Gasteiger charge is -2.05. The van der Waals surface area contributed by atoms with E-state index in [9.17, 15) is 4.79 Å². The Balaban J connectivity index is 2.84. The van der Waals surface area contributed by atoms with Gasteiger partial charge in [0.25, 0.3) is 0 Å². The number of nitriles is 1. The number of hydrogen-bond acceptors (Lipinski definition) is 4. The van der Waals surface area contributed by atoms with Crippen LogP contribution in [0.15, 0.2) is 30.0 Å². The van der Waals surface area contributed by atoms with Gasteiger partial charge in [-0.2, -0.15) is 5.26 Å². The maximum atomic E-state index is 11.3. The van der Waals surface area contributed by atoms with Gasteiger partial charge in [-0.3, -0.25) is 0 Å². The standard InChI is InChI=1S/C12H10Cl2N2O2/c1-2-18-12(17)8(6-15)7-16-11-4-3-9(13)5-10(11)14/h3-5,7,16H,2H2,1H3/b8-7+. The summed E-state index contributed by atoms with van der Waals surface area (Å²) in [4.78, 5) is 11.3. The van der Waals surface area contributed by atoms with Crippen molar-refractivity contribution < 1.29 is 9.53 Å². The minimum atomic E-state index is -0.683. The van der Waals surface area contributed by atoms with Crippen LogP contribution in [-0.4, -0.2) is 12.6 Å². The third kappa shape index (κ3) is 3.95. The van der Waals surface area contributed by atoms with Crippen LogP contribution in [0.25, 0.3) is 0 Å². The molecule has 1 aromatic rings. The molecule has 0 spiro atoms. The number of nitrogens with zero attached hydrogens (tertiary/aromatic N) is 1. The molecule has 18 heavy (non-hydrogen) atoms. The fourth-order valence-electron chi connectivity index (χ4n) is 1.10. The van der Waals surface area contributed by atoms with E-state index in [-0.39, 0.29) is 12.2 Å². The first-order valence-corrected chi connectivity index (χ1v) is 5.83. The molecule has 0 radical (unpaired) electrons. The number of benzene rings is 1. The molecule has 0 saturated heterocycles. The van der Waals surface area contributed by atoms with Gasteiger partial charge in [0.2, 0.25) is 0 Å². The fourth-order valence-corrected chi connectivity index (χ4v) is 1.57. The first-order valence-electron chi connectivity index (χ1n) is 5.07. The summed E-state index contributed by atoms with van der Waals surface area (Å²) in [6.07, 6.45) is 1.24. The summed E-state index contributed by atoms with van der Waals surface area (Å²) in [5.41, 5.74) is 0.404. The maximum absolute atomic E-state index is 11.3. The number of hydrogen-bond donors (Lipinski definition) is 1. The molecule has 0 aliphatic heterocycles. The van der Waals surface area contributed by atoms with Crippen LogP contribution >= 0.6 is 23.2 Å². The van der Waals surface area contributed by atoms with Gasteiger partial charge >= 0.3 is 5.97 Å². The largest absolute Gasteiger partial charge is 0.462 e. The molecule has 0 heterocycles. The molecule has 0 unspecified atom stereocenters. The van der Waals surface area contributed by atoms with Gasteiger partial charge in [0, 0.05) is 11.2 Å². The van der Waals surface area contributed by atoms with Crippen molar-refractivity contribution in [1.29, 1.82) is 5.26 Å². The minimum absolute atomic E-state index is 0.136. The first-order chi connectivity index (χ1) is 8.58. The van der Waals surface area contributed by atoms with Gasteiger partial charge in [-0.05, 0) is 25.1 Å². The van der Waals surface area contributed by atoms with Crippen LogP contribution in [0.4, 0.5) is 5.69 Å². The van der Waals surface area contributed by atoms with Gasteiger partial charge < -0.3 is 10.1 Å². The second-order valence-corrected chi connectivity index (χ2v) is 4.00. The fraction of sp³-hybridized carbons (Fsp3) is 0.167. The van der Waals surface area contributed by atoms with E-state index in [1.54, 1.807) is 31.2 Å². The molecular formula is C12H10Cl2N2O2. The van der Waals surface area contributed by atoms with Crippen molar-refractivity contribution in [3.05, 3.63) is 40.0 Å². The van der Waals surface area contributed by atoms with Crippen molar-refractivity contribution in [2.45, 2.75) is 6.92 Å². The lowest BCUT2D eigenvalue weighted by Crippen LogP contribution is -2.07. The Kier molecular flexibility index (Phi) is 5.50. The van der Waals surface area contributed by atoms with Gasteiger partial charge in [0.05, 0.1) is 17.3 Å². The predicted molar refractivity (Wildman–Crippen MR) is 70.4 cm³/mol. The Morgan fingerprint density at radius 1 is 1.56 bits per heavy atom. The third-order valence-corrected chi connectivity index (χ3v) is 2.47. The lowest BCUT2D eigenvalue weighted by atomic mass is 10.3. The Labute approximate surface area is 115 Å². The van der Waals surface area contributed by atoms with Crippen LogP contribution < -0.4 is 5.32 Å². The van der Waals surface area contributed by atoms with E-state index in [0.717, 1.165) is 0 Å². The number of halogens is 2. The second kappa shape index (κ2) is 6.90. The molecule has 0 aliphatic carbocycles. The van der Waals surface area contributed by atoms with Crippen molar-refractivity contribution in [2.24, 2.45) is 0 Å². The van der Waals surface area contributed by atoms with Crippen molar-refractivity contribution in [3.8, 4) is 6.07 Å². The normalized spacial score (nSPS) is 10.7. The van der Waals surface area contributed by atoms with Crippen molar-refractivity contribution in [2.75, 3.05) is 11.9 Å². The van der Waals surface area contributed by atoms with Crippen LogP contribution in [0.3, 0.4) is 0 Å². The molecule has 0 aliphatic rings. The summed E-state index contributed by atoms with van der Waals surface area (Å²) >= 11 is 11.7. The average molecular weight is 285 g/mol. The molecule has 0 fully saturated rings. The Morgan fingerprint density at radius 2 is 2.28 bits per heavy atom.